The van der Waals surface area contributed by atoms with Gasteiger partial charge in [-0.15, -0.1) is 0 Å². The van der Waals surface area contributed by atoms with Crippen molar-refractivity contribution in [3.05, 3.63) is 60.1 Å². The monoisotopic (exact) mass is 328 g/mol. The van der Waals surface area contributed by atoms with Crippen molar-refractivity contribution in [1.29, 1.82) is 0 Å². The van der Waals surface area contributed by atoms with Gasteiger partial charge in [-0.05, 0) is 44.0 Å². The molecule has 0 radical (unpaired) electrons. The lowest BCUT2D eigenvalue weighted by atomic mass is 10.0. The number of carbonyl (C=O) groups is 1. The second-order valence-electron chi connectivity index (χ2n) is 6.58. The molecule has 1 aliphatic heterocycles. The van der Waals surface area contributed by atoms with E-state index in [4.69, 9.17) is 4.42 Å². The molecule has 2 unspecified atom stereocenters. The van der Waals surface area contributed by atoms with E-state index in [-0.39, 0.29) is 18.5 Å². The summed E-state index contributed by atoms with van der Waals surface area (Å²) in [6, 6.07) is 13.5. The highest BCUT2D eigenvalue weighted by molar-refractivity contribution is 5.82. The van der Waals surface area contributed by atoms with E-state index in [1.165, 1.54) is 11.8 Å². The highest BCUT2D eigenvalue weighted by atomic mass is 16.4. The summed E-state index contributed by atoms with van der Waals surface area (Å²) in [7, 11) is 0. The van der Waals surface area contributed by atoms with Crippen LogP contribution < -0.4 is 5.32 Å². The van der Waals surface area contributed by atoms with Crippen molar-refractivity contribution >= 4 is 5.91 Å². The van der Waals surface area contributed by atoms with Crippen molar-refractivity contribution < 1.29 is 14.3 Å². The van der Waals surface area contributed by atoms with Gasteiger partial charge in [0, 0.05) is 6.54 Å². The average Bonchev–Trinajstić information content (AvgIpc) is 3.26. The van der Waals surface area contributed by atoms with Crippen LogP contribution in [0.5, 0.6) is 0 Å². The number of rotatable bonds is 6. The van der Waals surface area contributed by atoms with Gasteiger partial charge in [-0.1, -0.05) is 30.3 Å². The van der Waals surface area contributed by atoms with Crippen molar-refractivity contribution in [3.63, 3.8) is 0 Å². The SMILES string of the molecule is CC(O)(CNC(=O)C1CCCN1Cc1ccccc1)c1ccco1. The molecule has 5 heteroatoms. The predicted octanol–water partition coefficient (Wildman–Crippen LogP) is 2.27. The summed E-state index contributed by atoms with van der Waals surface area (Å²) in [5.41, 5.74) is 0.00181. The largest absolute Gasteiger partial charge is 0.466 e. The quantitative estimate of drug-likeness (QED) is 0.854. The Balaban J connectivity index is 1.58. The lowest BCUT2D eigenvalue weighted by molar-refractivity contribution is -0.127. The fourth-order valence-corrected chi connectivity index (χ4v) is 3.18. The van der Waals surface area contributed by atoms with Crippen LogP contribution in [0.2, 0.25) is 0 Å². The Kier molecular flexibility index (Phi) is 5.02. The lowest BCUT2D eigenvalue weighted by Gasteiger charge is -2.26. The van der Waals surface area contributed by atoms with E-state index in [0.29, 0.717) is 5.76 Å². The smallest absolute Gasteiger partial charge is 0.237 e. The van der Waals surface area contributed by atoms with Crippen molar-refractivity contribution in [3.8, 4) is 0 Å². The van der Waals surface area contributed by atoms with Gasteiger partial charge < -0.3 is 14.8 Å². The number of carbonyl (C=O) groups excluding carboxylic acids is 1. The minimum Gasteiger partial charge on any atom is -0.466 e. The molecule has 1 amide bonds. The zero-order valence-electron chi connectivity index (χ0n) is 13.9. The molecule has 2 aromatic rings. The fraction of sp³-hybridized carbons (Fsp3) is 0.421. The number of hydrogen-bond donors (Lipinski definition) is 2. The second-order valence-corrected chi connectivity index (χ2v) is 6.58. The number of likely N-dealkylation sites (tertiary alicyclic amines) is 1. The molecular formula is C19H24N2O3. The van der Waals surface area contributed by atoms with Gasteiger partial charge in [-0.25, -0.2) is 0 Å². The Bertz CT molecular complexity index is 653. The van der Waals surface area contributed by atoms with Crippen LogP contribution in [0.3, 0.4) is 0 Å². The maximum atomic E-state index is 12.6. The summed E-state index contributed by atoms with van der Waals surface area (Å²) in [6.45, 7) is 3.46. The zero-order valence-corrected chi connectivity index (χ0v) is 13.9. The van der Waals surface area contributed by atoms with E-state index >= 15 is 0 Å². The molecule has 3 rings (SSSR count). The molecule has 1 aromatic carbocycles. The highest BCUT2D eigenvalue weighted by Gasteiger charge is 2.33. The summed E-state index contributed by atoms with van der Waals surface area (Å²) >= 11 is 0. The fourth-order valence-electron chi connectivity index (χ4n) is 3.18. The number of nitrogens with one attached hydrogen (secondary N) is 1. The van der Waals surface area contributed by atoms with Crippen molar-refractivity contribution in [2.24, 2.45) is 0 Å². The summed E-state index contributed by atoms with van der Waals surface area (Å²) in [5.74, 6) is 0.422. The van der Waals surface area contributed by atoms with E-state index in [1.807, 2.05) is 18.2 Å². The molecule has 0 saturated carbocycles. The number of nitrogens with zero attached hydrogens (tertiary/aromatic N) is 1. The molecular weight excluding hydrogens is 304 g/mol. The molecule has 128 valence electrons. The Hall–Kier alpha value is -2.11. The van der Waals surface area contributed by atoms with Crippen molar-refractivity contribution in [2.45, 2.75) is 38.0 Å². The average molecular weight is 328 g/mol. The topological polar surface area (TPSA) is 65.7 Å². The molecule has 0 aliphatic carbocycles. The second kappa shape index (κ2) is 7.20. The van der Waals surface area contributed by atoms with Gasteiger partial charge in [0.25, 0.3) is 0 Å². The summed E-state index contributed by atoms with van der Waals surface area (Å²) in [5, 5.41) is 13.3. The van der Waals surface area contributed by atoms with Crippen LogP contribution in [0.1, 0.15) is 31.1 Å². The van der Waals surface area contributed by atoms with Crippen LogP contribution in [-0.4, -0.2) is 35.0 Å². The Morgan fingerprint density at radius 1 is 1.33 bits per heavy atom. The molecule has 2 N–H and O–H groups in total. The standard InChI is InChI=1S/C19H24N2O3/c1-19(23,17-10-6-12-24-17)14-20-18(22)16-9-5-11-21(16)13-15-7-3-2-4-8-15/h2-4,6-8,10,12,16,23H,5,9,11,13-14H2,1H3,(H,20,22). The van der Waals surface area contributed by atoms with Crippen LogP contribution in [-0.2, 0) is 16.9 Å². The minimum absolute atomic E-state index is 0.0322. The molecule has 0 bridgehead atoms. The third kappa shape index (κ3) is 3.86. The Labute approximate surface area is 142 Å². The zero-order chi connectivity index (χ0) is 17.0. The first-order valence-corrected chi connectivity index (χ1v) is 8.38. The number of hydrogen-bond acceptors (Lipinski definition) is 4. The molecule has 1 aliphatic rings. The van der Waals surface area contributed by atoms with Crippen molar-refractivity contribution in [1.82, 2.24) is 10.2 Å². The van der Waals surface area contributed by atoms with Gasteiger partial charge in [0.2, 0.25) is 5.91 Å². The maximum Gasteiger partial charge on any atom is 0.237 e. The van der Waals surface area contributed by atoms with E-state index in [1.54, 1.807) is 19.1 Å². The molecule has 1 aromatic heterocycles. The molecule has 2 heterocycles. The maximum absolute atomic E-state index is 12.6. The molecule has 24 heavy (non-hydrogen) atoms. The Morgan fingerprint density at radius 3 is 2.83 bits per heavy atom. The predicted molar refractivity (Wildman–Crippen MR) is 91.2 cm³/mol. The molecule has 0 spiro atoms. The molecule has 1 fully saturated rings. The normalized spacial score (nSPS) is 20.7. The van der Waals surface area contributed by atoms with Crippen LogP contribution in [0.4, 0.5) is 0 Å². The van der Waals surface area contributed by atoms with Crippen molar-refractivity contribution in [2.75, 3.05) is 13.1 Å². The van der Waals surface area contributed by atoms with Gasteiger partial charge in [0.05, 0.1) is 18.8 Å². The number of aliphatic hydroxyl groups is 1. The first kappa shape index (κ1) is 16.7. The van der Waals surface area contributed by atoms with Crippen LogP contribution in [0, 0.1) is 0 Å². The first-order valence-electron chi connectivity index (χ1n) is 8.38. The Morgan fingerprint density at radius 2 is 2.12 bits per heavy atom. The summed E-state index contributed by atoms with van der Waals surface area (Å²) in [6.07, 6.45) is 3.38. The third-order valence-corrected chi connectivity index (χ3v) is 4.55. The van der Waals surface area contributed by atoms with Gasteiger partial charge in [-0.3, -0.25) is 9.69 Å². The van der Waals surface area contributed by atoms with Crippen LogP contribution >= 0.6 is 0 Å². The van der Waals surface area contributed by atoms with Gasteiger partial charge >= 0.3 is 0 Å². The lowest BCUT2D eigenvalue weighted by Crippen LogP contribution is -2.47. The van der Waals surface area contributed by atoms with E-state index in [2.05, 4.69) is 22.3 Å². The molecule has 5 nitrogen and oxygen atoms in total. The summed E-state index contributed by atoms with van der Waals surface area (Å²) in [4.78, 5) is 14.8. The van der Waals surface area contributed by atoms with E-state index in [9.17, 15) is 9.90 Å². The molecule has 2 atom stereocenters. The van der Waals surface area contributed by atoms with Gasteiger partial charge in [-0.2, -0.15) is 0 Å². The molecule has 1 saturated heterocycles. The number of amides is 1. The summed E-state index contributed by atoms with van der Waals surface area (Å²) < 4.78 is 5.24. The van der Waals surface area contributed by atoms with E-state index in [0.717, 1.165) is 25.9 Å². The third-order valence-electron chi connectivity index (χ3n) is 4.55. The van der Waals surface area contributed by atoms with Crippen LogP contribution in [0.25, 0.3) is 0 Å². The van der Waals surface area contributed by atoms with Gasteiger partial charge in [0.1, 0.15) is 11.4 Å². The highest BCUT2D eigenvalue weighted by Crippen LogP contribution is 2.22. The minimum atomic E-state index is -1.21. The number of benzene rings is 1. The first-order chi connectivity index (χ1) is 11.6. The van der Waals surface area contributed by atoms with Crippen LogP contribution in [0.15, 0.2) is 53.1 Å². The van der Waals surface area contributed by atoms with Gasteiger partial charge in [0.15, 0.2) is 0 Å². The number of furan rings is 1. The van der Waals surface area contributed by atoms with E-state index < -0.39 is 5.60 Å².